The predicted molar refractivity (Wildman–Crippen MR) is 99.8 cm³/mol. The lowest BCUT2D eigenvalue weighted by atomic mass is 10.1. The number of allylic oxidation sites excluding steroid dienone is 1. The van der Waals surface area contributed by atoms with Crippen LogP contribution in [-0.2, 0) is 13.1 Å². The summed E-state index contributed by atoms with van der Waals surface area (Å²) in [5.41, 5.74) is 6.76. The second-order valence-electron chi connectivity index (χ2n) is 6.11. The van der Waals surface area contributed by atoms with Gasteiger partial charge >= 0.3 is 0 Å². The van der Waals surface area contributed by atoms with Gasteiger partial charge in [0.1, 0.15) is 0 Å². The van der Waals surface area contributed by atoms with Gasteiger partial charge in [-0.1, -0.05) is 66.2 Å². The van der Waals surface area contributed by atoms with Crippen LogP contribution < -0.4 is 0 Å². The molecule has 1 nitrogen and oxygen atoms in total. The van der Waals surface area contributed by atoms with Crippen molar-refractivity contribution in [3.63, 3.8) is 0 Å². The highest BCUT2D eigenvalue weighted by atomic mass is 28.2. The molecule has 2 heteroatoms. The van der Waals surface area contributed by atoms with Gasteiger partial charge in [-0.25, -0.2) is 0 Å². The average molecular weight is 310 g/mol. The molecule has 0 saturated heterocycles. The van der Waals surface area contributed by atoms with Crippen LogP contribution in [0.5, 0.6) is 0 Å². The number of rotatable bonds is 8. The minimum Gasteiger partial charge on any atom is -0.295 e. The molecule has 0 radical (unpaired) electrons. The second-order valence-corrected chi connectivity index (χ2v) is 7.80. The molecule has 22 heavy (non-hydrogen) atoms. The van der Waals surface area contributed by atoms with Gasteiger partial charge in [0.05, 0.1) is 0 Å². The van der Waals surface area contributed by atoms with E-state index in [0.717, 1.165) is 13.1 Å². The topological polar surface area (TPSA) is 3.24 Å². The summed E-state index contributed by atoms with van der Waals surface area (Å²) in [4.78, 5) is 2.58. The fraction of sp³-hybridized carbons (Fsp3) is 0.300. The summed E-state index contributed by atoms with van der Waals surface area (Å²) in [6.07, 6.45) is 0. The van der Waals surface area contributed by atoms with Crippen molar-refractivity contribution in [3.05, 3.63) is 83.1 Å². The monoisotopic (exact) mass is 309 g/mol. The van der Waals surface area contributed by atoms with E-state index in [1.807, 2.05) is 0 Å². The normalized spacial score (nSPS) is 11.2. The SMILES string of the molecule is CC(C)=C[SiH2]CCN(Cc1ccccc1)Cc1ccccc1. The van der Waals surface area contributed by atoms with E-state index in [1.54, 1.807) is 0 Å². The van der Waals surface area contributed by atoms with Crippen LogP contribution in [0.3, 0.4) is 0 Å². The zero-order valence-corrected chi connectivity index (χ0v) is 15.2. The van der Waals surface area contributed by atoms with Crippen molar-refractivity contribution in [2.75, 3.05) is 6.54 Å². The summed E-state index contributed by atoms with van der Waals surface area (Å²) >= 11 is 0. The average Bonchev–Trinajstić information content (AvgIpc) is 2.53. The van der Waals surface area contributed by atoms with Gasteiger partial charge in [-0.05, 0) is 37.6 Å². The van der Waals surface area contributed by atoms with Gasteiger partial charge < -0.3 is 0 Å². The fourth-order valence-corrected chi connectivity index (χ4v) is 4.01. The van der Waals surface area contributed by atoms with E-state index >= 15 is 0 Å². The molecule has 0 unspecified atom stereocenters. The van der Waals surface area contributed by atoms with Gasteiger partial charge in [0, 0.05) is 22.6 Å². The molecule has 0 fully saturated rings. The highest BCUT2D eigenvalue weighted by Gasteiger charge is 2.06. The van der Waals surface area contributed by atoms with Gasteiger partial charge in [-0.15, -0.1) is 5.70 Å². The zero-order valence-electron chi connectivity index (χ0n) is 13.8. The van der Waals surface area contributed by atoms with Crippen molar-refractivity contribution in [2.45, 2.75) is 33.0 Å². The second kappa shape index (κ2) is 9.39. The Morgan fingerprint density at radius 2 is 1.36 bits per heavy atom. The van der Waals surface area contributed by atoms with Crippen molar-refractivity contribution < 1.29 is 0 Å². The summed E-state index contributed by atoms with van der Waals surface area (Å²) in [7, 11) is -0.0610. The Labute approximate surface area is 137 Å². The van der Waals surface area contributed by atoms with E-state index < -0.39 is 0 Å². The number of hydrogen-bond donors (Lipinski definition) is 0. The van der Waals surface area contributed by atoms with Gasteiger partial charge in [-0.2, -0.15) is 0 Å². The Bertz CT molecular complexity index is 517. The molecule has 2 aromatic carbocycles. The molecule has 0 aromatic heterocycles. The molecule has 2 aromatic rings. The third kappa shape index (κ3) is 6.42. The molecule has 0 aliphatic rings. The van der Waals surface area contributed by atoms with Crippen LogP contribution in [0.25, 0.3) is 0 Å². The molecular weight excluding hydrogens is 282 g/mol. The lowest BCUT2D eigenvalue weighted by Gasteiger charge is -2.22. The van der Waals surface area contributed by atoms with E-state index in [0.29, 0.717) is 0 Å². The Balaban J connectivity index is 1.95. The molecule has 0 heterocycles. The maximum absolute atomic E-state index is 2.58. The minimum absolute atomic E-state index is 0.0610. The van der Waals surface area contributed by atoms with Crippen molar-refractivity contribution in [2.24, 2.45) is 0 Å². The largest absolute Gasteiger partial charge is 0.295 e. The predicted octanol–water partition coefficient (Wildman–Crippen LogP) is 4.20. The summed E-state index contributed by atoms with van der Waals surface area (Å²) < 4.78 is 0. The zero-order chi connectivity index (χ0) is 15.6. The van der Waals surface area contributed by atoms with Gasteiger partial charge in [0.2, 0.25) is 0 Å². The molecular formula is C20H27NSi. The Morgan fingerprint density at radius 3 is 1.82 bits per heavy atom. The van der Waals surface area contributed by atoms with Crippen LogP contribution in [0.1, 0.15) is 25.0 Å². The summed E-state index contributed by atoms with van der Waals surface area (Å²) in [6, 6.07) is 23.0. The first-order chi connectivity index (χ1) is 10.7. The number of hydrogen-bond acceptors (Lipinski definition) is 1. The molecule has 0 saturated carbocycles. The van der Waals surface area contributed by atoms with Crippen LogP contribution in [0, 0.1) is 0 Å². The van der Waals surface area contributed by atoms with Crippen molar-refractivity contribution in [1.29, 1.82) is 0 Å². The first-order valence-corrected chi connectivity index (χ1v) is 9.99. The molecule has 0 bridgehead atoms. The molecule has 0 atom stereocenters. The van der Waals surface area contributed by atoms with Crippen LogP contribution >= 0.6 is 0 Å². The lowest BCUT2D eigenvalue weighted by molar-refractivity contribution is 0.271. The van der Waals surface area contributed by atoms with Crippen molar-refractivity contribution in [3.8, 4) is 0 Å². The molecule has 0 N–H and O–H groups in total. The van der Waals surface area contributed by atoms with Gasteiger partial charge in [0.15, 0.2) is 0 Å². The van der Waals surface area contributed by atoms with Gasteiger partial charge in [-0.3, -0.25) is 4.90 Å². The highest BCUT2D eigenvalue weighted by molar-refractivity contribution is 6.42. The maximum Gasteiger partial charge on any atom is 0.0465 e. The quantitative estimate of drug-likeness (QED) is 0.522. The van der Waals surface area contributed by atoms with Gasteiger partial charge in [0.25, 0.3) is 0 Å². The van der Waals surface area contributed by atoms with E-state index in [9.17, 15) is 0 Å². The number of nitrogens with zero attached hydrogens (tertiary/aromatic N) is 1. The van der Waals surface area contributed by atoms with E-state index in [4.69, 9.17) is 0 Å². The highest BCUT2D eigenvalue weighted by Crippen LogP contribution is 2.10. The Morgan fingerprint density at radius 1 is 0.864 bits per heavy atom. The third-order valence-corrected chi connectivity index (χ3v) is 5.56. The number of benzene rings is 2. The smallest absolute Gasteiger partial charge is 0.0465 e. The van der Waals surface area contributed by atoms with E-state index in [2.05, 4.69) is 85.1 Å². The fourth-order valence-electron chi connectivity index (χ4n) is 2.60. The minimum atomic E-state index is -0.0610. The van der Waals surface area contributed by atoms with Crippen LogP contribution in [0.2, 0.25) is 6.04 Å². The van der Waals surface area contributed by atoms with Crippen molar-refractivity contribution >= 4 is 9.52 Å². The standard InChI is InChI=1S/C20H27NSi/c1-18(2)17-22-14-13-21(15-19-9-5-3-6-10-19)16-20-11-7-4-8-12-20/h3-12,17H,13-16,22H2,1-2H3. The summed E-state index contributed by atoms with van der Waals surface area (Å²) in [6.45, 7) is 7.69. The Kier molecular flexibility index (Phi) is 7.14. The first kappa shape index (κ1) is 16.7. The summed E-state index contributed by atoms with van der Waals surface area (Å²) in [5.74, 6) is 0. The lowest BCUT2D eigenvalue weighted by Crippen LogP contribution is -2.24. The summed E-state index contributed by atoms with van der Waals surface area (Å²) in [5, 5.41) is 0. The molecule has 0 spiro atoms. The van der Waals surface area contributed by atoms with Crippen LogP contribution in [0.4, 0.5) is 0 Å². The molecule has 0 amide bonds. The third-order valence-electron chi connectivity index (χ3n) is 3.73. The molecule has 116 valence electrons. The van der Waals surface area contributed by atoms with E-state index in [1.165, 1.54) is 29.3 Å². The van der Waals surface area contributed by atoms with Crippen LogP contribution in [-0.4, -0.2) is 21.0 Å². The molecule has 0 aliphatic carbocycles. The molecule has 2 rings (SSSR count). The Hall–Kier alpha value is -1.64. The van der Waals surface area contributed by atoms with Crippen molar-refractivity contribution in [1.82, 2.24) is 4.90 Å². The van der Waals surface area contributed by atoms with Crippen LogP contribution in [0.15, 0.2) is 71.9 Å². The van der Waals surface area contributed by atoms with E-state index in [-0.39, 0.29) is 9.52 Å². The first-order valence-electron chi connectivity index (χ1n) is 8.17. The molecule has 0 aliphatic heterocycles. The maximum atomic E-state index is 2.58.